The Morgan fingerprint density at radius 2 is 2.55 bits per heavy atom. The maximum Gasteiger partial charge on any atom is 0.258 e. The highest BCUT2D eigenvalue weighted by atomic mass is 16.2. The lowest BCUT2D eigenvalue weighted by Crippen LogP contribution is -2.28. The monoisotopic (exact) mass is 153 g/mol. The lowest BCUT2D eigenvalue weighted by atomic mass is 10.3. The van der Waals surface area contributed by atoms with Crippen LogP contribution in [0.15, 0.2) is 19.0 Å². The summed E-state index contributed by atoms with van der Waals surface area (Å²) in [7, 11) is 0. The Morgan fingerprint density at radius 3 is 3.18 bits per heavy atom. The van der Waals surface area contributed by atoms with Gasteiger partial charge in [0.1, 0.15) is 12.4 Å². The van der Waals surface area contributed by atoms with Gasteiger partial charge in [-0.3, -0.25) is 0 Å². The maximum atomic E-state index is 8.58. The highest BCUT2D eigenvalue weighted by Gasteiger charge is 2.05. The number of aliphatic hydroxyl groups excluding tert-OH is 1. The second-order valence-electron chi connectivity index (χ2n) is 2.32. The molecule has 0 aliphatic carbocycles. The van der Waals surface area contributed by atoms with Gasteiger partial charge in [0.2, 0.25) is 0 Å². The first kappa shape index (κ1) is 8.01. The van der Waals surface area contributed by atoms with Crippen molar-refractivity contribution in [2.24, 2.45) is 0 Å². The van der Waals surface area contributed by atoms with Crippen molar-refractivity contribution < 1.29 is 9.67 Å². The molecule has 11 heavy (non-hydrogen) atoms. The fraction of sp³-hybridized carbons (Fsp3) is 0.375. The molecule has 0 unspecified atom stereocenters. The molecule has 1 aromatic rings. The Labute approximate surface area is 66.0 Å². The van der Waals surface area contributed by atoms with Gasteiger partial charge in [-0.25, -0.2) is 9.55 Å². The van der Waals surface area contributed by atoms with Crippen molar-refractivity contribution in [1.82, 2.24) is 4.98 Å². The Kier molecular flexibility index (Phi) is 2.86. The molecule has 0 saturated heterocycles. The molecule has 1 heterocycles. The van der Waals surface area contributed by atoms with E-state index in [-0.39, 0.29) is 6.61 Å². The van der Waals surface area contributed by atoms with Crippen molar-refractivity contribution in [3.63, 3.8) is 0 Å². The first-order valence-corrected chi connectivity index (χ1v) is 3.69. The third-order valence-electron chi connectivity index (χ3n) is 1.57. The summed E-state index contributed by atoms with van der Waals surface area (Å²) in [5, 5.41) is 8.58. The Balaban J connectivity index is 2.61. The van der Waals surface area contributed by atoms with Gasteiger partial charge in [0.15, 0.2) is 0 Å². The second kappa shape index (κ2) is 3.93. The Bertz CT molecular complexity index is 230. The molecule has 0 atom stereocenters. The van der Waals surface area contributed by atoms with Crippen LogP contribution in [0.1, 0.15) is 12.2 Å². The molecule has 1 aromatic heterocycles. The third kappa shape index (κ3) is 1.91. The van der Waals surface area contributed by atoms with Crippen molar-refractivity contribution in [3.05, 3.63) is 24.8 Å². The molecule has 0 aromatic carbocycles. The fourth-order valence-electron chi connectivity index (χ4n) is 0.997. The van der Waals surface area contributed by atoms with Gasteiger partial charge in [0, 0.05) is 6.61 Å². The van der Waals surface area contributed by atoms with E-state index in [2.05, 4.69) is 11.6 Å². The Hall–Kier alpha value is -1.09. The van der Waals surface area contributed by atoms with Gasteiger partial charge in [-0.15, -0.1) is 0 Å². The van der Waals surface area contributed by atoms with Gasteiger partial charge >= 0.3 is 0 Å². The predicted octanol–water partition coefficient (Wildman–Crippen LogP) is 0.328. The normalized spacial score (nSPS) is 9.91. The highest BCUT2D eigenvalue weighted by Crippen LogP contribution is 1.91. The van der Waals surface area contributed by atoms with Crippen molar-refractivity contribution >= 4 is 6.20 Å². The van der Waals surface area contributed by atoms with Crippen LogP contribution in [0.2, 0.25) is 0 Å². The SMILES string of the molecule is C=C[n+]1cc[nH]c1CCCO. The van der Waals surface area contributed by atoms with Gasteiger partial charge in [-0.2, -0.15) is 0 Å². The summed E-state index contributed by atoms with van der Waals surface area (Å²) < 4.78 is 1.91. The molecule has 2 N–H and O–H groups in total. The van der Waals surface area contributed by atoms with Gasteiger partial charge in [0.25, 0.3) is 5.82 Å². The van der Waals surface area contributed by atoms with Gasteiger partial charge < -0.3 is 5.11 Å². The molecule has 0 radical (unpaired) electrons. The molecule has 0 fully saturated rings. The summed E-state index contributed by atoms with van der Waals surface area (Å²) in [5.41, 5.74) is 0. The molecule has 3 nitrogen and oxygen atoms in total. The third-order valence-corrected chi connectivity index (χ3v) is 1.57. The van der Waals surface area contributed by atoms with Crippen LogP contribution >= 0.6 is 0 Å². The summed E-state index contributed by atoms with van der Waals surface area (Å²) in [6.45, 7) is 3.88. The van der Waals surface area contributed by atoms with Crippen LogP contribution < -0.4 is 4.57 Å². The summed E-state index contributed by atoms with van der Waals surface area (Å²) in [5.74, 6) is 1.08. The van der Waals surface area contributed by atoms with E-state index in [1.807, 2.05) is 17.0 Å². The Morgan fingerprint density at radius 1 is 1.73 bits per heavy atom. The first-order valence-electron chi connectivity index (χ1n) is 3.69. The number of imidazole rings is 1. The van der Waals surface area contributed by atoms with Crippen LogP contribution in [0.3, 0.4) is 0 Å². The molecule has 0 saturated carbocycles. The summed E-state index contributed by atoms with van der Waals surface area (Å²) in [6.07, 6.45) is 7.14. The molecule has 3 heteroatoms. The number of hydrogen-bond acceptors (Lipinski definition) is 1. The van der Waals surface area contributed by atoms with Gasteiger partial charge in [-0.05, 0) is 6.42 Å². The number of nitrogens with one attached hydrogen (secondary N) is 1. The quantitative estimate of drug-likeness (QED) is 0.601. The van der Waals surface area contributed by atoms with Crippen LogP contribution in [0.5, 0.6) is 0 Å². The van der Waals surface area contributed by atoms with Crippen LogP contribution in [0.25, 0.3) is 6.20 Å². The lowest BCUT2D eigenvalue weighted by Gasteiger charge is -1.91. The average molecular weight is 153 g/mol. The van der Waals surface area contributed by atoms with E-state index in [4.69, 9.17) is 5.11 Å². The minimum absolute atomic E-state index is 0.232. The number of hydrogen-bond donors (Lipinski definition) is 2. The maximum absolute atomic E-state index is 8.58. The zero-order valence-electron chi connectivity index (χ0n) is 6.45. The van der Waals surface area contributed by atoms with E-state index in [0.29, 0.717) is 0 Å². The molecule has 0 amide bonds. The molecule has 1 rings (SSSR count). The first-order chi connectivity index (χ1) is 5.38. The topological polar surface area (TPSA) is 39.9 Å². The number of aryl methyl sites for hydroxylation is 1. The van der Waals surface area contributed by atoms with Gasteiger partial charge in [0.05, 0.1) is 12.6 Å². The zero-order valence-corrected chi connectivity index (χ0v) is 6.45. The minimum atomic E-state index is 0.232. The zero-order chi connectivity index (χ0) is 8.10. The van der Waals surface area contributed by atoms with Crippen LogP contribution in [-0.2, 0) is 6.42 Å². The summed E-state index contributed by atoms with van der Waals surface area (Å²) >= 11 is 0. The standard InChI is InChI=1S/C8H12N2O/c1-2-10-6-5-9-8(10)4-3-7-11/h2,5-6,11H,1,3-4,7H2/p+1. The second-order valence-corrected chi connectivity index (χ2v) is 2.32. The van der Waals surface area contributed by atoms with E-state index < -0.39 is 0 Å². The summed E-state index contributed by atoms with van der Waals surface area (Å²) in [6, 6.07) is 0. The molecular weight excluding hydrogens is 140 g/mol. The summed E-state index contributed by atoms with van der Waals surface area (Å²) in [4.78, 5) is 3.07. The van der Waals surface area contributed by atoms with Crippen molar-refractivity contribution in [1.29, 1.82) is 0 Å². The molecular formula is C8H13N2O+. The van der Waals surface area contributed by atoms with E-state index in [1.165, 1.54) is 0 Å². The fourth-order valence-corrected chi connectivity index (χ4v) is 0.997. The van der Waals surface area contributed by atoms with E-state index >= 15 is 0 Å². The predicted molar refractivity (Wildman–Crippen MR) is 42.8 cm³/mol. The number of aromatic nitrogens is 2. The van der Waals surface area contributed by atoms with E-state index in [0.717, 1.165) is 18.7 Å². The smallest absolute Gasteiger partial charge is 0.258 e. The largest absolute Gasteiger partial charge is 0.396 e. The molecule has 60 valence electrons. The molecule has 0 aliphatic heterocycles. The molecule has 0 aliphatic rings. The number of aromatic amines is 1. The van der Waals surface area contributed by atoms with E-state index in [1.54, 1.807) is 6.20 Å². The van der Waals surface area contributed by atoms with E-state index in [9.17, 15) is 0 Å². The van der Waals surface area contributed by atoms with Crippen LogP contribution in [-0.4, -0.2) is 16.7 Å². The van der Waals surface area contributed by atoms with Crippen molar-refractivity contribution in [2.45, 2.75) is 12.8 Å². The van der Waals surface area contributed by atoms with Crippen LogP contribution in [0.4, 0.5) is 0 Å². The molecule has 0 spiro atoms. The number of aliphatic hydroxyl groups is 1. The van der Waals surface area contributed by atoms with Crippen LogP contribution in [0, 0.1) is 0 Å². The molecule has 0 bridgehead atoms. The number of nitrogens with zero attached hydrogens (tertiary/aromatic N) is 1. The number of rotatable bonds is 4. The minimum Gasteiger partial charge on any atom is -0.396 e. The van der Waals surface area contributed by atoms with Crippen molar-refractivity contribution in [2.75, 3.05) is 6.61 Å². The van der Waals surface area contributed by atoms with Gasteiger partial charge in [-0.1, -0.05) is 6.58 Å². The highest BCUT2D eigenvalue weighted by molar-refractivity contribution is 4.97. The lowest BCUT2D eigenvalue weighted by molar-refractivity contribution is -0.575. The van der Waals surface area contributed by atoms with Crippen molar-refractivity contribution in [3.8, 4) is 0 Å². The average Bonchev–Trinajstić information content (AvgIpc) is 2.47. The number of H-pyrrole nitrogens is 1.